The van der Waals surface area contributed by atoms with E-state index in [1.807, 2.05) is 0 Å². The number of nitrogens with one attached hydrogen (secondary N) is 1. The van der Waals surface area contributed by atoms with Crippen molar-refractivity contribution >= 4 is 40.2 Å². The molecule has 1 unspecified atom stereocenters. The molecule has 0 aromatic carbocycles. The van der Waals surface area contributed by atoms with Crippen LogP contribution in [0.5, 0.6) is 0 Å². The molecule has 2 nitrogen and oxygen atoms in total. The van der Waals surface area contributed by atoms with Gasteiger partial charge < -0.3 is 5.41 Å². The lowest BCUT2D eigenvalue weighted by atomic mass is 10.6. The fraction of sp³-hybridized carbons (Fsp3) is 0.800. The summed E-state index contributed by atoms with van der Waals surface area (Å²) in [4.78, 5) is -0.435. The van der Waals surface area contributed by atoms with Gasteiger partial charge in [-0.3, -0.25) is 4.21 Å². The Morgan fingerprint density at radius 3 is 2.60 bits per heavy atom. The molecule has 0 aliphatic carbocycles. The fourth-order valence-electron chi connectivity index (χ4n) is 0.397. The zero-order chi connectivity index (χ0) is 7.98. The minimum Gasteiger partial charge on any atom is -0.312 e. The van der Waals surface area contributed by atoms with Crippen LogP contribution in [-0.2, 0) is 10.8 Å². The molecule has 1 atom stereocenters. The SMILES string of the molecule is N=CCS(=O)CCC(Cl)Cl. The Kier molecular flexibility index (Phi) is 6.38. The molecule has 0 aromatic rings. The number of hydrogen-bond acceptors (Lipinski definition) is 2. The monoisotopic (exact) mass is 201 g/mol. The van der Waals surface area contributed by atoms with E-state index in [1.165, 1.54) is 0 Å². The van der Waals surface area contributed by atoms with Gasteiger partial charge in [-0.05, 0) is 6.42 Å². The molecular weight excluding hydrogens is 193 g/mol. The number of rotatable bonds is 5. The quantitative estimate of drug-likeness (QED) is 0.533. The summed E-state index contributed by atoms with van der Waals surface area (Å²) >= 11 is 10.8. The Morgan fingerprint density at radius 2 is 2.20 bits per heavy atom. The highest BCUT2D eigenvalue weighted by molar-refractivity contribution is 7.85. The Labute approximate surface area is 72.9 Å². The zero-order valence-corrected chi connectivity index (χ0v) is 7.68. The van der Waals surface area contributed by atoms with Crippen molar-refractivity contribution in [2.75, 3.05) is 11.5 Å². The van der Waals surface area contributed by atoms with Crippen molar-refractivity contribution < 1.29 is 4.21 Å². The Hall–Kier alpha value is 0.400. The standard InChI is InChI=1S/C5H9Cl2NOS/c6-5(7)1-3-10(9)4-2-8/h2,5,8H,1,3-4H2. The van der Waals surface area contributed by atoms with E-state index in [9.17, 15) is 4.21 Å². The van der Waals surface area contributed by atoms with E-state index in [0.717, 1.165) is 6.21 Å². The van der Waals surface area contributed by atoms with Crippen molar-refractivity contribution in [2.24, 2.45) is 0 Å². The van der Waals surface area contributed by atoms with Crippen molar-refractivity contribution in [3.8, 4) is 0 Å². The molecule has 60 valence electrons. The highest BCUT2D eigenvalue weighted by Crippen LogP contribution is 2.06. The second kappa shape index (κ2) is 6.13. The molecule has 0 aliphatic heterocycles. The van der Waals surface area contributed by atoms with Crippen LogP contribution in [0, 0.1) is 5.41 Å². The first-order valence-electron chi connectivity index (χ1n) is 2.79. The molecule has 0 amide bonds. The van der Waals surface area contributed by atoms with Gasteiger partial charge in [-0.25, -0.2) is 0 Å². The maximum absolute atomic E-state index is 10.8. The molecule has 5 heteroatoms. The number of hydrogen-bond donors (Lipinski definition) is 1. The van der Waals surface area contributed by atoms with Crippen molar-refractivity contribution in [3.63, 3.8) is 0 Å². The first-order chi connectivity index (χ1) is 4.66. The van der Waals surface area contributed by atoms with Gasteiger partial charge >= 0.3 is 0 Å². The molecule has 10 heavy (non-hydrogen) atoms. The number of halogens is 2. The highest BCUT2D eigenvalue weighted by Gasteiger charge is 2.01. The maximum Gasteiger partial charge on any atom is 0.108 e. The van der Waals surface area contributed by atoms with Crippen LogP contribution in [0.4, 0.5) is 0 Å². The molecule has 0 radical (unpaired) electrons. The third-order valence-corrected chi connectivity index (χ3v) is 2.50. The van der Waals surface area contributed by atoms with Crippen LogP contribution in [0.25, 0.3) is 0 Å². The van der Waals surface area contributed by atoms with Crippen molar-refractivity contribution in [2.45, 2.75) is 11.3 Å². The van der Waals surface area contributed by atoms with E-state index in [0.29, 0.717) is 17.9 Å². The molecular formula is C5H9Cl2NOS. The summed E-state index contributed by atoms with van der Waals surface area (Å²) in [5, 5.41) is 6.63. The van der Waals surface area contributed by atoms with Gasteiger partial charge in [0, 0.05) is 22.8 Å². The van der Waals surface area contributed by atoms with Gasteiger partial charge in [0.15, 0.2) is 0 Å². The summed E-state index contributed by atoms with van der Waals surface area (Å²) in [7, 11) is -0.953. The average molecular weight is 202 g/mol. The lowest BCUT2D eigenvalue weighted by molar-refractivity contribution is 0.684. The molecule has 0 saturated carbocycles. The van der Waals surface area contributed by atoms with E-state index < -0.39 is 15.6 Å². The highest BCUT2D eigenvalue weighted by atomic mass is 35.5. The van der Waals surface area contributed by atoms with Crippen molar-refractivity contribution in [3.05, 3.63) is 0 Å². The largest absolute Gasteiger partial charge is 0.312 e. The Bertz CT molecular complexity index is 129. The summed E-state index contributed by atoms with van der Waals surface area (Å²) in [6, 6.07) is 0. The predicted molar refractivity (Wildman–Crippen MR) is 46.8 cm³/mol. The summed E-state index contributed by atoms with van der Waals surface area (Å²) in [6.45, 7) is 0. The normalized spacial score (nSPS) is 13.5. The van der Waals surface area contributed by atoms with Crippen LogP contribution in [-0.4, -0.2) is 26.8 Å². The smallest absolute Gasteiger partial charge is 0.108 e. The first kappa shape index (κ1) is 10.4. The lowest BCUT2D eigenvalue weighted by Gasteiger charge is -1.98. The van der Waals surface area contributed by atoms with Crippen LogP contribution in [0.15, 0.2) is 0 Å². The van der Waals surface area contributed by atoms with Crippen LogP contribution in [0.2, 0.25) is 0 Å². The molecule has 0 fully saturated rings. The van der Waals surface area contributed by atoms with E-state index in [1.54, 1.807) is 0 Å². The van der Waals surface area contributed by atoms with Crippen molar-refractivity contribution in [1.82, 2.24) is 0 Å². The molecule has 0 aliphatic rings. The first-order valence-corrected chi connectivity index (χ1v) is 5.15. The average Bonchev–Trinajstić information content (AvgIpc) is 1.85. The second-order valence-electron chi connectivity index (χ2n) is 1.69. The summed E-state index contributed by atoms with van der Waals surface area (Å²) in [5.74, 6) is 0.785. The van der Waals surface area contributed by atoms with Gasteiger partial charge in [-0.1, -0.05) is 0 Å². The Balaban J connectivity index is 3.30. The molecule has 0 saturated heterocycles. The molecule has 0 aromatic heterocycles. The molecule has 0 heterocycles. The van der Waals surface area contributed by atoms with Gasteiger partial charge in [0.25, 0.3) is 0 Å². The van der Waals surface area contributed by atoms with Gasteiger partial charge in [-0.15, -0.1) is 23.2 Å². The van der Waals surface area contributed by atoms with E-state index in [4.69, 9.17) is 28.6 Å². The molecule has 1 N–H and O–H groups in total. The lowest BCUT2D eigenvalue weighted by Crippen LogP contribution is -2.05. The summed E-state index contributed by atoms with van der Waals surface area (Å²) < 4.78 is 10.8. The third-order valence-electron chi connectivity index (χ3n) is 0.833. The van der Waals surface area contributed by atoms with Crippen LogP contribution in [0.3, 0.4) is 0 Å². The van der Waals surface area contributed by atoms with Crippen LogP contribution >= 0.6 is 23.2 Å². The topological polar surface area (TPSA) is 40.9 Å². The molecule has 0 spiro atoms. The Morgan fingerprint density at radius 1 is 1.60 bits per heavy atom. The van der Waals surface area contributed by atoms with E-state index in [-0.39, 0.29) is 0 Å². The minimum absolute atomic E-state index is 0.306. The number of alkyl halides is 2. The second-order valence-corrected chi connectivity index (χ2v) is 4.59. The maximum atomic E-state index is 10.8. The van der Waals surface area contributed by atoms with Crippen LogP contribution < -0.4 is 0 Å². The van der Waals surface area contributed by atoms with E-state index >= 15 is 0 Å². The molecule has 0 bridgehead atoms. The summed E-state index contributed by atoms with van der Waals surface area (Å²) in [6.07, 6.45) is 1.66. The third kappa shape index (κ3) is 6.52. The fourth-order valence-corrected chi connectivity index (χ4v) is 1.72. The predicted octanol–water partition coefficient (Wildman–Crippen LogP) is 1.58. The molecule has 0 rings (SSSR count). The van der Waals surface area contributed by atoms with Crippen LogP contribution in [0.1, 0.15) is 6.42 Å². The van der Waals surface area contributed by atoms with Gasteiger partial charge in [0.2, 0.25) is 0 Å². The van der Waals surface area contributed by atoms with Gasteiger partial charge in [0.05, 0.1) is 5.75 Å². The summed E-state index contributed by atoms with van der Waals surface area (Å²) in [5.41, 5.74) is 0. The van der Waals surface area contributed by atoms with E-state index in [2.05, 4.69) is 0 Å². The minimum atomic E-state index is -0.953. The van der Waals surface area contributed by atoms with Gasteiger partial charge in [0.1, 0.15) is 4.84 Å². The zero-order valence-electron chi connectivity index (χ0n) is 5.35. The van der Waals surface area contributed by atoms with Gasteiger partial charge in [-0.2, -0.15) is 0 Å². The van der Waals surface area contributed by atoms with Crippen molar-refractivity contribution in [1.29, 1.82) is 5.41 Å².